The third-order valence-electron chi connectivity index (χ3n) is 3.02. The van der Waals surface area contributed by atoms with Crippen molar-refractivity contribution in [2.75, 3.05) is 7.11 Å². The monoisotopic (exact) mass is 262 g/mol. The molecule has 0 aliphatic carbocycles. The predicted octanol–water partition coefficient (Wildman–Crippen LogP) is 3.84. The van der Waals surface area contributed by atoms with Crippen LogP contribution >= 0.6 is 23.2 Å². The van der Waals surface area contributed by atoms with Gasteiger partial charge in [0.05, 0.1) is 15.6 Å². The second kappa shape index (κ2) is 5.37. The van der Waals surface area contributed by atoms with E-state index >= 15 is 0 Å². The van der Waals surface area contributed by atoms with Crippen LogP contribution in [0.25, 0.3) is 0 Å². The van der Waals surface area contributed by atoms with Crippen LogP contribution < -0.4 is 0 Å². The number of aliphatic hydroxyl groups is 1. The van der Waals surface area contributed by atoms with Gasteiger partial charge in [0, 0.05) is 12.7 Å². The lowest BCUT2D eigenvalue weighted by atomic mass is 9.90. The molecule has 2 nitrogen and oxygen atoms in total. The minimum absolute atomic E-state index is 0.383. The van der Waals surface area contributed by atoms with Crippen LogP contribution in [0, 0.1) is 0 Å². The summed E-state index contributed by atoms with van der Waals surface area (Å²) < 4.78 is 5.35. The third-order valence-corrected chi connectivity index (χ3v) is 3.86. The minimum atomic E-state index is -0.798. The lowest BCUT2D eigenvalue weighted by Crippen LogP contribution is -2.34. The molecule has 1 aromatic carbocycles. The lowest BCUT2D eigenvalue weighted by Gasteiger charge is -2.32. The Morgan fingerprint density at radius 3 is 2.56 bits per heavy atom. The number of rotatable bonds is 4. The smallest absolute Gasteiger partial charge is 0.109 e. The van der Waals surface area contributed by atoms with Crippen LogP contribution in [0.1, 0.15) is 31.9 Å². The summed E-state index contributed by atoms with van der Waals surface area (Å²) >= 11 is 12.0. The highest BCUT2D eigenvalue weighted by molar-refractivity contribution is 6.42. The van der Waals surface area contributed by atoms with E-state index in [2.05, 4.69) is 0 Å². The van der Waals surface area contributed by atoms with Crippen LogP contribution in [0.2, 0.25) is 10.0 Å². The molecule has 0 aliphatic heterocycles. The van der Waals surface area contributed by atoms with Gasteiger partial charge >= 0.3 is 0 Å². The van der Waals surface area contributed by atoms with Gasteiger partial charge in [-0.25, -0.2) is 0 Å². The van der Waals surface area contributed by atoms with Crippen molar-refractivity contribution in [2.24, 2.45) is 0 Å². The number of ether oxygens (including phenoxy) is 1. The Morgan fingerprint density at radius 1 is 1.44 bits per heavy atom. The number of methoxy groups -OCH3 is 1. The largest absolute Gasteiger partial charge is 0.385 e. The Hall–Kier alpha value is -0.280. The van der Waals surface area contributed by atoms with Gasteiger partial charge in [-0.3, -0.25) is 0 Å². The third kappa shape index (κ3) is 2.51. The van der Waals surface area contributed by atoms with E-state index < -0.39 is 11.7 Å². The average Bonchev–Trinajstić information content (AvgIpc) is 2.31. The molecule has 2 atom stereocenters. The molecule has 1 N–H and O–H groups in total. The number of halogens is 2. The maximum absolute atomic E-state index is 10.3. The molecule has 1 rings (SSSR count). The first-order valence-corrected chi connectivity index (χ1v) is 5.89. The summed E-state index contributed by atoms with van der Waals surface area (Å²) in [7, 11) is 1.57. The van der Waals surface area contributed by atoms with E-state index in [0.717, 1.165) is 0 Å². The number of hydrogen-bond donors (Lipinski definition) is 1. The number of benzene rings is 1. The highest BCUT2D eigenvalue weighted by Gasteiger charge is 2.33. The molecule has 0 bridgehead atoms. The molecule has 90 valence electrons. The van der Waals surface area contributed by atoms with Crippen LogP contribution in [0.5, 0.6) is 0 Å². The Balaban J connectivity index is 3.13. The molecular formula is C12H16Cl2O2. The molecule has 0 saturated heterocycles. The van der Waals surface area contributed by atoms with Gasteiger partial charge in [0.25, 0.3) is 0 Å². The molecule has 2 unspecified atom stereocenters. The van der Waals surface area contributed by atoms with Crippen molar-refractivity contribution < 1.29 is 9.84 Å². The van der Waals surface area contributed by atoms with Crippen molar-refractivity contribution in [3.05, 3.63) is 33.8 Å². The second-order valence-electron chi connectivity index (χ2n) is 3.92. The van der Waals surface area contributed by atoms with Crippen molar-refractivity contribution in [1.82, 2.24) is 0 Å². The highest BCUT2D eigenvalue weighted by atomic mass is 35.5. The topological polar surface area (TPSA) is 29.5 Å². The van der Waals surface area contributed by atoms with Crippen LogP contribution in [-0.4, -0.2) is 17.8 Å². The Labute approximate surface area is 106 Å². The van der Waals surface area contributed by atoms with Crippen LogP contribution in [0.4, 0.5) is 0 Å². The maximum Gasteiger partial charge on any atom is 0.109 e. The Bertz CT molecular complexity index is 362. The van der Waals surface area contributed by atoms with E-state index in [9.17, 15) is 5.11 Å². The molecule has 0 aliphatic rings. The zero-order valence-electron chi connectivity index (χ0n) is 9.63. The molecule has 16 heavy (non-hydrogen) atoms. The van der Waals surface area contributed by atoms with E-state index in [1.54, 1.807) is 25.3 Å². The summed E-state index contributed by atoms with van der Waals surface area (Å²) in [4.78, 5) is 0. The van der Waals surface area contributed by atoms with Crippen LogP contribution in [0.15, 0.2) is 18.2 Å². The lowest BCUT2D eigenvalue weighted by molar-refractivity contribution is -0.0943. The van der Waals surface area contributed by atoms with Gasteiger partial charge in [-0.2, -0.15) is 0 Å². The highest BCUT2D eigenvalue weighted by Crippen LogP contribution is 2.37. The van der Waals surface area contributed by atoms with E-state index in [1.807, 2.05) is 13.8 Å². The summed E-state index contributed by atoms with van der Waals surface area (Å²) in [6.45, 7) is 3.79. The van der Waals surface area contributed by atoms with Gasteiger partial charge in [-0.1, -0.05) is 42.3 Å². The zero-order chi connectivity index (χ0) is 12.3. The van der Waals surface area contributed by atoms with Crippen LogP contribution in [0.3, 0.4) is 0 Å². The fourth-order valence-electron chi connectivity index (χ4n) is 1.51. The zero-order valence-corrected chi connectivity index (χ0v) is 11.1. The Kier molecular flexibility index (Phi) is 4.62. The van der Waals surface area contributed by atoms with Crippen molar-refractivity contribution in [1.29, 1.82) is 0 Å². The normalized spacial score (nSPS) is 16.9. The average molecular weight is 263 g/mol. The maximum atomic E-state index is 10.3. The van der Waals surface area contributed by atoms with E-state index in [4.69, 9.17) is 27.9 Å². The fraction of sp³-hybridized carbons (Fsp3) is 0.500. The van der Waals surface area contributed by atoms with E-state index in [0.29, 0.717) is 22.0 Å². The van der Waals surface area contributed by atoms with Gasteiger partial charge < -0.3 is 9.84 Å². The van der Waals surface area contributed by atoms with Gasteiger partial charge in [0.15, 0.2) is 0 Å². The summed E-state index contributed by atoms with van der Waals surface area (Å²) in [6.07, 6.45) is -0.123. The van der Waals surface area contributed by atoms with Crippen molar-refractivity contribution >= 4 is 23.2 Å². The van der Waals surface area contributed by atoms with E-state index in [-0.39, 0.29) is 0 Å². The van der Waals surface area contributed by atoms with Crippen LogP contribution in [-0.2, 0) is 4.74 Å². The predicted molar refractivity (Wildman–Crippen MR) is 67.1 cm³/mol. The summed E-state index contributed by atoms with van der Waals surface area (Å²) in [6, 6.07) is 5.21. The molecule has 0 fully saturated rings. The molecule has 0 amide bonds. The van der Waals surface area contributed by atoms with Gasteiger partial charge in [-0.05, 0) is 19.4 Å². The fourth-order valence-corrected chi connectivity index (χ4v) is 1.92. The molecular weight excluding hydrogens is 247 g/mol. The van der Waals surface area contributed by atoms with Crippen molar-refractivity contribution in [3.63, 3.8) is 0 Å². The molecule has 1 aromatic rings. The Morgan fingerprint density at radius 2 is 2.06 bits per heavy atom. The number of aliphatic hydroxyl groups excluding tert-OH is 1. The molecule has 0 spiro atoms. The van der Waals surface area contributed by atoms with Gasteiger partial charge in [-0.15, -0.1) is 0 Å². The molecule has 0 radical (unpaired) electrons. The van der Waals surface area contributed by atoms with Gasteiger partial charge in [0.1, 0.15) is 6.10 Å². The first-order valence-electron chi connectivity index (χ1n) is 5.13. The summed E-state index contributed by atoms with van der Waals surface area (Å²) in [5.41, 5.74) is -0.0608. The molecule has 0 aromatic heterocycles. The SMILES string of the molecule is CCC(C)(OC)C(O)c1cccc(Cl)c1Cl. The molecule has 0 saturated carbocycles. The molecule has 0 heterocycles. The van der Waals surface area contributed by atoms with Crippen molar-refractivity contribution in [3.8, 4) is 0 Å². The number of hydrogen-bond acceptors (Lipinski definition) is 2. The first-order chi connectivity index (χ1) is 7.46. The molecule has 4 heteroatoms. The quantitative estimate of drug-likeness (QED) is 0.894. The second-order valence-corrected chi connectivity index (χ2v) is 4.70. The first kappa shape index (κ1) is 13.8. The minimum Gasteiger partial charge on any atom is -0.385 e. The van der Waals surface area contributed by atoms with E-state index in [1.165, 1.54) is 0 Å². The van der Waals surface area contributed by atoms with Gasteiger partial charge in [0.2, 0.25) is 0 Å². The standard InChI is InChI=1S/C12H16Cl2O2/c1-4-12(2,16-3)11(15)8-6-5-7-9(13)10(8)14/h5-7,11,15H,4H2,1-3H3. The summed E-state index contributed by atoms with van der Waals surface area (Å²) in [5, 5.41) is 11.1. The van der Waals surface area contributed by atoms with Crippen molar-refractivity contribution in [2.45, 2.75) is 32.0 Å². The summed E-state index contributed by atoms with van der Waals surface area (Å²) in [5.74, 6) is 0.